The third-order valence-corrected chi connectivity index (χ3v) is 2.52. The predicted octanol–water partition coefficient (Wildman–Crippen LogP) is 1.35. The number of ether oxygens (including phenoxy) is 4. The second-order valence-electron chi connectivity index (χ2n) is 2.90. The van der Waals surface area contributed by atoms with Crippen LogP contribution in [0.4, 0.5) is 0 Å². The van der Waals surface area contributed by atoms with Gasteiger partial charge in [0.05, 0.1) is 0 Å². The van der Waals surface area contributed by atoms with E-state index in [0.29, 0.717) is 10.3 Å². The summed E-state index contributed by atoms with van der Waals surface area (Å²) in [5.41, 5.74) is 0.818. The fourth-order valence-corrected chi connectivity index (χ4v) is 1.42. The van der Waals surface area contributed by atoms with Crippen LogP contribution in [0.1, 0.15) is 5.56 Å². The van der Waals surface area contributed by atoms with Gasteiger partial charge in [-0.15, -0.1) is 0 Å². The van der Waals surface area contributed by atoms with E-state index in [9.17, 15) is 0 Å². The molecule has 0 aliphatic heterocycles. The van der Waals surface area contributed by atoms with Gasteiger partial charge in [-0.05, 0) is 0 Å². The van der Waals surface area contributed by atoms with Crippen LogP contribution in [0.25, 0.3) is 0 Å². The van der Waals surface area contributed by atoms with E-state index in [1.807, 2.05) is 18.2 Å². The quantitative estimate of drug-likeness (QED) is 0.725. The molecule has 1 rings (SSSR count). The summed E-state index contributed by atoms with van der Waals surface area (Å²) in [4.78, 5) is 0. The van der Waals surface area contributed by atoms with Crippen molar-refractivity contribution < 1.29 is 34.8 Å². The Morgan fingerprint density at radius 1 is 1.25 bits per heavy atom. The van der Waals surface area contributed by atoms with Crippen LogP contribution >= 0.6 is 0 Å². The van der Waals surface area contributed by atoms with E-state index in [0.717, 1.165) is 11.3 Å². The minimum absolute atomic E-state index is 0.210. The molecule has 0 radical (unpaired) electrons. The van der Waals surface area contributed by atoms with Gasteiger partial charge in [0.1, 0.15) is 0 Å². The molecule has 88 valence electrons. The van der Waals surface area contributed by atoms with Gasteiger partial charge in [-0.3, -0.25) is 0 Å². The van der Waals surface area contributed by atoms with Gasteiger partial charge >= 0.3 is 103 Å². The summed E-state index contributed by atoms with van der Waals surface area (Å²) < 4.78 is 21.2. The molecule has 0 saturated carbocycles. The SMILES string of the molecule is COCOc1ccc(OC)c([C](=[Cr])OC)c1. The zero-order valence-electron chi connectivity index (χ0n) is 9.48. The van der Waals surface area contributed by atoms with Gasteiger partial charge in [0.2, 0.25) is 0 Å². The van der Waals surface area contributed by atoms with Crippen molar-refractivity contribution in [2.45, 2.75) is 0 Å². The van der Waals surface area contributed by atoms with E-state index in [-0.39, 0.29) is 6.79 Å². The van der Waals surface area contributed by atoms with E-state index in [4.69, 9.17) is 18.9 Å². The fraction of sp³-hybridized carbons (Fsp3) is 0.364. The summed E-state index contributed by atoms with van der Waals surface area (Å²) in [5, 5.41) is 0. The molecule has 5 heteroatoms. The second-order valence-corrected chi connectivity index (χ2v) is 3.48. The van der Waals surface area contributed by atoms with E-state index >= 15 is 0 Å². The number of benzene rings is 1. The maximum absolute atomic E-state index is 5.33. The van der Waals surface area contributed by atoms with Crippen LogP contribution in [0.2, 0.25) is 0 Å². The first-order valence-corrected chi connectivity index (χ1v) is 5.24. The molecule has 0 saturated heterocycles. The van der Waals surface area contributed by atoms with Gasteiger partial charge in [-0.1, -0.05) is 0 Å². The van der Waals surface area contributed by atoms with Crippen molar-refractivity contribution >= 4 is 4.57 Å². The van der Waals surface area contributed by atoms with Gasteiger partial charge in [0.15, 0.2) is 0 Å². The van der Waals surface area contributed by atoms with Gasteiger partial charge < -0.3 is 0 Å². The molecule has 0 aromatic heterocycles. The van der Waals surface area contributed by atoms with Crippen molar-refractivity contribution in [2.75, 3.05) is 28.1 Å². The fourth-order valence-electron chi connectivity index (χ4n) is 1.17. The van der Waals surface area contributed by atoms with E-state index < -0.39 is 0 Å². The second kappa shape index (κ2) is 6.67. The Balaban J connectivity index is 2.96. The molecule has 16 heavy (non-hydrogen) atoms. The van der Waals surface area contributed by atoms with Crippen molar-refractivity contribution in [1.29, 1.82) is 0 Å². The van der Waals surface area contributed by atoms with Crippen LogP contribution in [0.5, 0.6) is 11.5 Å². The molecule has 1 aromatic carbocycles. The van der Waals surface area contributed by atoms with Gasteiger partial charge in [0, 0.05) is 0 Å². The third-order valence-electron chi connectivity index (χ3n) is 1.92. The predicted molar refractivity (Wildman–Crippen MR) is 56.6 cm³/mol. The Morgan fingerprint density at radius 2 is 2.00 bits per heavy atom. The monoisotopic (exact) mass is 262 g/mol. The molecule has 0 heterocycles. The van der Waals surface area contributed by atoms with Crippen LogP contribution in [0, 0.1) is 0 Å². The Hall–Kier alpha value is -0.858. The molecule has 0 unspecified atom stereocenters. The van der Waals surface area contributed by atoms with Crippen LogP contribution < -0.4 is 9.47 Å². The number of hydrogen-bond donors (Lipinski definition) is 0. The van der Waals surface area contributed by atoms with Gasteiger partial charge in [0.25, 0.3) is 0 Å². The minimum atomic E-state index is 0.210. The van der Waals surface area contributed by atoms with Crippen molar-refractivity contribution in [1.82, 2.24) is 0 Å². The molecule has 4 nitrogen and oxygen atoms in total. The van der Waals surface area contributed by atoms with Crippen LogP contribution in [0.15, 0.2) is 18.2 Å². The number of hydrogen-bond acceptors (Lipinski definition) is 4. The van der Waals surface area contributed by atoms with Crippen molar-refractivity contribution in [3.63, 3.8) is 0 Å². The average Bonchev–Trinajstić information content (AvgIpc) is 2.35. The maximum atomic E-state index is 5.33. The normalized spacial score (nSPS) is 9.94. The molecule has 0 aliphatic rings. The molecule has 1 aromatic rings. The summed E-state index contributed by atoms with van der Waals surface area (Å²) in [5.74, 6) is 1.42. The molecule has 0 amide bonds. The molecular weight excluding hydrogens is 248 g/mol. The molecule has 0 aliphatic carbocycles. The molecular formula is C11H14CrO4. The molecule has 0 atom stereocenters. The summed E-state index contributed by atoms with van der Waals surface area (Å²) in [6.45, 7) is 0.210. The van der Waals surface area contributed by atoms with Crippen molar-refractivity contribution in [3.8, 4) is 11.5 Å². The zero-order chi connectivity index (χ0) is 12.0. The summed E-state index contributed by atoms with van der Waals surface area (Å²) in [7, 11) is 4.77. The Kier molecular flexibility index (Phi) is 5.50. The first-order valence-electron chi connectivity index (χ1n) is 4.61. The first-order chi connectivity index (χ1) is 7.72. The van der Waals surface area contributed by atoms with Crippen LogP contribution in [-0.4, -0.2) is 32.7 Å². The summed E-state index contributed by atoms with van der Waals surface area (Å²) in [6.07, 6.45) is 0. The van der Waals surface area contributed by atoms with Gasteiger partial charge in [-0.25, -0.2) is 0 Å². The zero-order valence-corrected chi connectivity index (χ0v) is 10.8. The molecule has 0 N–H and O–H groups in total. The standard InChI is InChI=1S/C11H14O4.Cr/c1-12-7-9-6-10(15-8-13-2)4-5-11(9)14-3;/h4-6H,8H2,1-3H3;. The summed E-state index contributed by atoms with van der Waals surface area (Å²) >= 11 is 2.83. The van der Waals surface area contributed by atoms with Gasteiger partial charge in [-0.2, -0.15) is 0 Å². The number of rotatable bonds is 6. The Labute approximate surface area is 103 Å². The van der Waals surface area contributed by atoms with Crippen LogP contribution in [0.3, 0.4) is 0 Å². The molecule has 0 spiro atoms. The average molecular weight is 262 g/mol. The van der Waals surface area contributed by atoms with E-state index in [2.05, 4.69) is 15.9 Å². The van der Waals surface area contributed by atoms with Crippen molar-refractivity contribution in [3.05, 3.63) is 23.8 Å². The third kappa shape index (κ3) is 3.32. The topological polar surface area (TPSA) is 36.9 Å². The van der Waals surface area contributed by atoms with E-state index in [1.165, 1.54) is 0 Å². The van der Waals surface area contributed by atoms with Crippen molar-refractivity contribution in [2.24, 2.45) is 0 Å². The Morgan fingerprint density at radius 3 is 2.56 bits per heavy atom. The molecule has 0 bridgehead atoms. The molecule has 0 fully saturated rings. The first kappa shape index (κ1) is 13.2. The van der Waals surface area contributed by atoms with Crippen LogP contribution in [-0.2, 0) is 25.3 Å². The number of methoxy groups -OCH3 is 3. The Bertz CT molecular complexity index is 365. The summed E-state index contributed by atoms with van der Waals surface area (Å²) in [6, 6.07) is 5.45. The van der Waals surface area contributed by atoms with E-state index in [1.54, 1.807) is 21.3 Å².